The summed E-state index contributed by atoms with van der Waals surface area (Å²) in [7, 11) is 0. The van der Waals surface area contributed by atoms with Crippen LogP contribution < -0.4 is 5.32 Å². The molecule has 2 aromatic carbocycles. The Morgan fingerprint density at radius 2 is 1.83 bits per heavy atom. The zero-order chi connectivity index (χ0) is 16.5. The molecule has 5 nitrogen and oxygen atoms in total. The lowest BCUT2D eigenvalue weighted by atomic mass is 10.2. The number of amides is 1. The molecule has 0 spiro atoms. The average molecular weight is 318 g/mol. The van der Waals surface area contributed by atoms with E-state index in [0.717, 1.165) is 22.2 Å². The highest BCUT2D eigenvalue weighted by Gasteiger charge is 2.13. The molecule has 5 heteroatoms. The monoisotopic (exact) mass is 318 g/mol. The molecule has 0 unspecified atom stereocenters. The maximum Gasteiger partial charge on any atom is 0.291 e. The minimum Gasteiger partial charge on any atom is -0.459 e. The Morgan fingerprint density at radius 1 is 1.04 bits per heavy atom. The lowest BCUT2D eigenvalue weighted by molar-refractivity contribution is 0.0996. The average Bonchev–Trinajstić information content (AvgIpc) is 3.21. The lowest BCUT2D eigenvalue weighted by Crippen LogP contribution is -2.11. The second-order valence-electron chi connectivity index (χ2n) is 5.45. The van der Waals surface area contributed by atoms with Gasteiger partial charge in [-0.2, -0.15) is 0 Å². The largest absolute Gasteiger partial charge is 0.459 e. The Bertz CT molecular complexity index is 979. The topological polar surface area (TPSA) is 68.3 Å². The molecule has 0 bridgehead atoms. The fraction of sp³-hybridized carbons (Fsp3) is 0.0526. The van der Waals surface area contributed by atoms with Crippen LogP contribution in [0, 0.1) is 6.92 Å². The summed E-state index contributed by atoms with van der Waals surface area (Å²) in [6, 6.07) is 16.7. The molecule has 0 atom stereocenters. The van der Waals surface area contributed by atoms with Crippen molar-refractivity contribution in [3.8, 4) is 11.5 Å². The van der Waals surface area contributed by atoms with Crippen molar-refractivity contribution in [1.82, 2.24) is 4.98 Å². The van der Waals surface area contributed by atoms with Crippen molar-refractivity contribution in [3.63, 3.8) is 0 Å². The van der Waals surface area contributed by atoms with Gasteiger partial charge in [-0.3, -0.25) is 4.79 Å². The first kappa shape index (κ1) is 14.3. The number of carbonyl (C=O) groups is 1. The third-order valence-electron chi connectivity index (χ3n) is 3.75. The molecule has 4 rings (SSSR count). The van der Waals surface area contributed by atoms with Crippen LogP contribution in [-0.2, 0) is 0 Å². The summed E-state index contributed by atoms with van der Waals surface area (Å²) in [5, 5.41) is 2.81. The van der Waals surface area contributed by atoms with Gasteiger partial charge in [0.1, 0.15) is 5.52 Å². The van der Waals surface area contributed by atoms with Crippen LogP contribution in [0.1, 0.15) is 16.1 Å². The van der Waals surface area contributed by atoms with E-state index in [1.165, 1.54) is 6.26 Å². The van der Waals surface area contributed by atoms with Crippen molar-refractivity contribution in [2.24, 2.45) is 0 Å². The standard InChI is InChI=1S/C19H14N2O3/c1-12-10-11-23-17(12)18(22)20-14-8-6-13(7-9-14)19-21-15-4-2-3-5-16(15)24-19/h2-11H,1H3,(H,20,22). The van der Waals surface area contributed by atoms with E-state index in [4.69, 9.17) is 8.83 Å². The number of nitrogens with zero attached hydrogens (tertiary/aromatic N) is 1. The van der Waals surface area contributed by atoms with Crippen LogP contribution in [0.4, 0.5) is 5.69 Å². The molecule has 118 valence electrons. The second kappa shape index (κ2) is 5.70. The Balaban J connectivity index is 1.56. The van der Waals surface area contributed by atoms with Gasteiger partial charge in [-0.15, -0.1) is 0 Å². The summed E-state index contributed by atoms with van der Waals surface area (Å²) in [5.74, 6) is 0.598. The molecule has 0 aliphatic heterocycles. The number of anilines is 1. The molecule has 4 aromatic rings. The minimum absolute atomic E-state index is 0.271. The summed E-state index contributed by atoms with van der Waals surface area (Å²) in [5.41, 5.74) is 3.89. The van der Waals surface area contributed by atoms with Gasteiger partial charge in [0.15, 0.2) is 11.3 Å². The Hall–Kier alpha value is -3.34. The quantitative estimate of drug-likeness (QED) is 0.597. The molecule has 0 aliphatic rings. The molecule has 0 aliphatic carbocycles. The molecule has 2 heterocycles. The SMILES string of the molecule is Cc1ccoc1C(=O)Nc1ccc(-c2nc3ccccc3o2)cc1. The van der Waals surface area contributed by atoms with Crippen molar-refractivity contribution in [1.29, 1.82) is 0 Å². The van der Waals surface area contributed by atoms with E-state index >= 15 is 0 Å². The molecule has 0 radical (unpaired) electrons. The number of rotatable bonds is 3. The molecule has 0 saturated heterocycles. The summed E-state index contributed by atoms with van der Waals surface area (Å²) < 4.78 is 10.9. The van der Waals surface area contributed by atoms with Gasteiger partial charge in [0.05, 0.1) is 6.26 Å². The number of aryl methyl sites for hydroxylation is 1. The maximum atomic E-state index is 12.1. The van der Waals surface area contributed by atoms with Gasteiger partial charge < -0.3 is 14.2 Å². The van der Waals surface area contributed by atoms with Gasteiger partial charge in [-0.1, -0.05) is 12.1 Å². The molecule has 0 fully saturated rings. The van der Waals surface area contributed by atoms with Crippen LogP contribution in [0.2, 0.25) is 0 Å². The first-order chi connectivity index (χ1) is 11.7. The number of hydrogen-bond acceptors (Lipinski definition) is 4. The predicted molar refractivity (Wildman–Crippen MR) is 90.8 cm³/mol. The van der Waals surface area contributed by atoms with Crippen LogP contribution in [-0.4, -0.2) is 10.9 Å². The number of para-hydroxylation sites is 2. The number of nitrogens with one attached hydrogen (secondary N) is 1. The zero-order valence-corrected chi connectivity index (χ0v) is 12.9. The predicted octanol–water partition coefficient (Wildman–Crippen LogP) is 4.65. The van der Waals surface area contributed by atoms with Crippen molar-refractivity contribution >= 4 is 22.7 Å². The summed E-state index contributed by atoms with van der Waals surface area (Å²) in [4.78, 5) is 16.6. The van der Waals surface area contributed by atoms with E-state index in [1.54, 1.807) is 18.2 Å². The molecule has 1 N–H and O–H groups in total. The molecule has 24 heavy (non-hydrogen) atoms. The molecular weight excluding hydrogens is 304 g/mol. The van der Waals surface area contributed by atoms with Crippen LogP contribution in [0.3, 0.4) is 0 Å². The number of fused-ring (bicyclic) bond motifs is 1. The van der Waals surface area contributed by atoms with Crippen LogP contribution in [0.25, 0.3) is 22.6 Å². The normalized spacial score (nSPS) is 10.9. The van der Waals surface area contributed by atoms with Crippen molar-refractivity contribution in [2.75, 3.05) is 5.32 Å². The van der Waals surface area contributed by atoms with Crippen LogP contribution in [0.15, 0.2) is 69.7 Å². The van der Waals surface area contributed by atoms with E-state index in [2.05, 4.69) is 10.3 Å². The summed E-state index contributed by atoms with van der Waals surface area (Å²) in [6.07, 6.45) is 1.50. The van der Waals surface area contributed by atoms with Gasteiger partial charge in [0.25, 0.3) is 5.91 Å². The van der Waals surface area contributed by atoms with E-state index < -0.39 is 0 Å². The van der Waals surface area contributed by atoms with E-state index in [0.29, 0.717) is 17.3 Å². The molecule has 1 amide bonds. The number of benzene rings is 2. The number of aromatic nitrogens is 1. The Morgan fingerprint density at radius 3 is 2.54 bits per heavy atom. The highest BCUT2D eigenvalue weighted by molar-refractivity contribution is 6.03. The van der Waals surface area contributed by atoms with E-state index in [1.807, 2.05) is 43.3 Å². The molecular formula is C19H14N2O3. The fourth-order valence-corrected chi connectivity index (χ4v) is 2.49. The number of carbonyl (C=O) groups excluding carboxylic acids is 1. The number of furan rings is 1. The van der Waals surface area contributed by atoms with Crippen LogP contribution in [0.5, 0.6) is 0 Å². The molecule has 2 aromatic heterocycles. The number of hydrogen-bond donors (Lipinski definition) is 1. The second-order valence-corrected chi connectivity index (χ2v) is 5.45. The van der Waals surface area contributed by atoms with Crippen molar-refractivity contribution in [2.45, 2.75) is 6.92 Å². The molecule has 0 saturated carbocycles. The fourth-order valence-electron chi connectivity index (χ4n) is 2.49. The summed E-state index contributed by atoms with van der Waals surface area (Å²) >= 11 is 0. The zero-order valence-electron chi connectivity index (χ0n) is 12.9. The first-order valence-corrected chi connectivity index (χ1v) is 7.52. The van der Waals surface area contributed by atoms with Crippen LogP contribution >= 0.6 is 0 Å². The van der Waals surface area contributed by atoms with E-state index in [9.17, 15) is 4.79 Å². The highest BCUT2D eigenvalue weighted by Crippen LogP contribution is 2.25. The van der Waals surface area contributed by atoms with Crippen molar-refractivity contribution < 1.29 is 13.6 Å². The minimum atomic E-state index is -0.271. The Labute approximate surface area is 137 Å². The maximum absolute atomic E-state index is 12.1. The third-order valence-corrected chi connectivity index (χ3v) is 3.75. The smallest absolute Gasteiger partial charge is 0.291 e. The van der Waals surface area contributed by atoms with Gasteiger partial charge in [-0.05, 0) is 49.4 Å². The first-order valence-electron chi connectivity index (χ1n) is 7.52. The van der Waals surface area contributed by atoms with Gasteiger partial charge in [0, 0.05) is 16.8 Å². The highest BCUT2D eigenvalue weighted by atomic mass is 16.3. The van der Waals surface area contributed by atoms with Gasteiger partial charge >= 0.3 is 0 Å². The van der Waals surface area contributed by atoms with Gasteiger partial charge in [0.2, 0.25) is 5.89 Å². The lowest BCUT2D eigenvalue weighted by Gasteiger charge is -2.04. The van der Waals surface area contributed by atoms with Crippen molar-refractivity contribution in [3.05, 3.63) is 72.2 Å². The number of oxazole rings is 1. The summed E-state index contributed by atoms with van der Waals surface area (Å²) in [6.45, 7) is 1.83. The third kappa shape index (κ3) is 2.56. The Kier molecular flexibility index (Phi) is 3.39. The van der Waals surface area contributed by atoms with E-state index in [-0.39, 0.29) is 5.91 Å². The van der Waals surface area contributed by atoms with Gasteiger partial charge in [-0.25, -0.2) is 4.98 Å².